The second-order valence-corrected chi connectivity index (χ2v) is 3.61. The highest BCUT2D eigenvalue weighted by atomic mass is 19.4. The van der Waals surface area contributed by atoms with Crippen LogP contribution in [0.15, 0.2) is 12.4 Å². The Labute approximate surface area is 94.9 Å². The van der Waals surface area contributed by atoms with Gasteiger partial charge in [-0.05, 0) is 0 Å². The SMILES string of the molecule is CN1CCN(c2cc(C(F)(F)F)ncn2)C1=O. The zero-order valence-corrected chi connectivity index (χ0v) is 8.90. The Kier molecular flexibility index (Phi) is 2.64. The van der Waals surface area contributed by atoms with Crippen molar-refractivity contribution in [3.8, 4) is 0 Å². The summed E-state index contributed by atoms with van der Waals surface area (Å²) in [5, 5.41) is 0. The summed E-state index contributed by atoms with van der Waals surface area (Å²) < 4.78 is 37.3. The first-order valence-electron chi connectivity index (χ1n) is 4.81. The van der Waals surface area contributed by atoms with Crippen LogP contribution in [0.2, 0.25) is 0 Å². The Bertz CT molecular complexity index is 448. The lowest BCUT2D eigenvalue weighted by atomic mass is 10.3. The van der Waals surface area contributed by atoms with Gasteiger partial charge in [0.1, 0.15) is 17.8 Å². The third-order valence-corrected chi connectivity index (χ3v) is 2.44. The highest BCUT2D eigenvalue weighted by Gasteiger charge is 2.35. The molecular weight excluding hydrogens is 237 g/mol. The monoisotopic (exact) mass is 246 g/mol. The molecule has 2 heterocycles. The Morgan fingerprint density at radius 1 is 1.29 bits per heavy atom. The molecule has 1 aromatic heterocycles. The van der Waals surface area contributed by atoms with E-state index in [1.807, 2.05) is 0 Å². The minimum Gasteiger partial charge on any atom is -0.326 e. The molecule has 0 spiro atoms. The number of hydrogen-bond donors (Lipinski definition) is 0. The van der Waals surface area contributed by atoms with Crippen molar-refractivity contribution >= 4 is 11.8 Å². The van der Waals surface area contributed by atoms with Gasteiger partial charge in [0.25, 0.3) is 0 Å². The smallest absolute Gasteiger partial charge is 0.326 e. The van der Waals surface area contributed by atoms with Crippen LogP contribution in [-0.4, -0.2) is 41.0 Å². The molecule has 1 aliphatic rings. The molecule has 1 saturated heterocycles. The predicted octanol–water partition coefficient (Wildman–Crippen LogP) is 1.37. The van der Waals surface area contributed by atoms with Gasteiger partial charge in [0.2, 0.25) is 0 Å². The molecule has 0 unspecified atom stereocenters. The van der Waals surface area contributed by atoms with Crippen molar-refractivity contribution in [2.75, 3.05) is 25.0 Å². The van der Waals surface area contributed by atoms with Gasteiger partial charge in [0, 0.05) is 26.2 Å². The average Bonchev–Trinajstić information content (AvgIpc) is 2.59. The number of anilines is 1. The predicted molar refractivity (Wildman–Crippen MR) is 52.4 cm³/mol. The van der Waals surface area contributed by atoms with E-state index in [2.05, 4.69) is 9.97 Å². The number of aromatic nitrogens is 2. The highest BCUT2D eigenvalue weighted by Crippen LogP contribution is 2.29. The molecule has 17 heavy (non-hydrogen) atoms. The van der Waals surface area contributed by atoms with E-state index in [4.69, 9.17) is 0 Å². The van der Waals surface area contributed by atoms with Crippen molar-refractivity contribution in [1.29, 1.82) is 0 Å². The first-order chi connectivity index (χ1) is 7.89. The lowest BCUT2D eigenvalue weighted by molar-refractivity contribution is -0.141. The largest absolute Gasteiger partial charge is 0.433 e. The molecule has 8 heteroatoms. The molecule has 0 saturated carbocycles. The van der Waals surface area contributed by atoms with Gasteiger partial charge in [-0.15, -0.1) is 0 Å². The normalized spacial score (nSPS) is 16.8. The van der Waals surface area contributed by atoms with Gasteiger partial charge in [-0.3, -0.25) is 4.90 Å². The second-order valence-electron chi connectivity index (χ2n) is 3.61. The van der Waals surface area contributed by atoms with Crippen molar-refractivity contribution in [3.63, 3.8) is 0 Å². The van der Waals surface area contributed by atoms with E-state index in [1.54, 1.807) is 7.05 Å². The summed E-state index contributed by atoms with van der Waals surface area (Å²) in [6.45, 7) is 0.786. The molecule has 0 N–H and O–H groups in total. The molecule has 1 aromatic rings. The molecule has 5 nitrogen and oxygen atoms in total. The van der Waals surface area contributed by atoms with Crippen LogP contribution in [0.4, 0.5) is 23.8 Å². The van der Waals surface area contributed by atoms with Gasteiger partial charge >= 0.3 is 12.2 Å². The lowest BCUT2D eigenvalue weighted by Gasteiger charge is -2.15. The van der Waals surface area contributed by atoms with Gasteiger partial charge < -0.3 is 4.90 Å². The number of hydrogen-bond acceptors (Lipinski definition) is 3. The zero-order valence-electron chi connectivity index (χ0n) is 8.90. The second kappa shape index (κ2) is 3.86. The molecule has 0 radical (unpaired) electrons. The van der Waals surface area contributed by atoms with Crippen LogP contribution in [0.25, 0.3) is 0 Å². The van der Waals surface area contributed by atoms with Gasteiger partial charge in [0.15, 0.2) is 0 Å². The Hall–Kier alpha value is -1.86. The van der Waals surface area contributed by atoms with E-state index in [1.165, 1.54) is 9.80 Å². The Morgan fingerprint density at radius 2 is 2.00 bits per heavy atom. The molecule has 2 rings (SSSR count). The van der Waals surface area contributed by atoms with Crippen LogP contribution in [0.3, 0.4) is 0 Å². The summed E-state index contributed by atoms with van der Waals surface area (Å²) in [4.78, 5) is 21.0. The van der Waals surface area contributed by atoms with Gasteiger partial charge in [-0.2, -0.15) is 13.2 Å². The summed E-state index contributed by atoms with van der Waals surface area (Å²) in [6, 6.07) is 0.411. The maximum atomic E-state index is 12.4. The lowest BCUT2D eigenvalue weighted by Crippen LogP contribution is -2.30. The zero-order chi connectivity index (χ0) is 12.6. The fourth-order valence-corrected chi connectivity index (χ4v) is 1.51. The number of carbonyl (C=O) groups is 1. The van der Waals surface area contributed by atoms with Gasteiger partial charge in [0.05, 0.1) is 0 Å². The van der Waals surface area contributed by atoms with Crippen LogP contribution in [-0.2, 0) is 6.18 Å². The minimum atomic E-state index is -4.54. The van der Waals surface area contributed by atoms with Crippen LogP contribution in [0.1, 0.15) is 5.69 Å². The number of alkyl halides is 3. The van der Waals surface area contributed by atoms with E-state index >= 15 is 0 Å². The van der Waals surface area contributed by atoms with Crippen molar-refractivity contribution in [2.24, 2.45) is 0 Å². The number of carbonyl (C=O) groups excluding carboxylic acids is 1. The molecule has 1 aliphatic heterocycles. The van der Waals surface area contributed by atoms with Crippen molar-refractivity contribution in [3.05, 3.63) is 18.1 Å². The first-order valence-corrected chi connectivity index (χ1v) is 4.81. The maximum Gasteiger partial charge on any atom is 0.433 e. The number of rotatable bonds is 1. The molecule has 1 fully saturated rings. The number of halogens is 3. The Balaban J connectivity index is 2.31. The first kappa shape index (κ1) is 11.6. The Morgan fingerprint density at radius 3 is 2.53 bits per heavy atom. The maximum absolute atomic E-state index is 12.4. The fraction of sp³-hybridized carbons (Fsp3) is 0.444. The summed E-state index contributed by atoms with van der Waals surface area (Å²) in [6.07, 6.45) is -3.73. The molecular formula is C9H9F3N4O. The summed E-state index contributed by atoms with van der Waals surface area (Å²) in [5.41, 5.74) is -1.05. The van der Waals surface area contributed by atoms with E-state index in [-0.39, 0.29) is 11.8 Å². The molecule has 0 aromatic carbocycles. The summed E-state index contributed by atoms with van der Waals surface area (Å²) in [5.74, 6) is -0.0262. The number of likely N-dealkylation sites (N-methyl/N-ethyl adjacent to an activating group) is 1. The van der Waals surface area contributed by atoms with E-state index in [0.717, 1.165) is 12.4 Å². The summed E-state index contributed by atoms with van der Waals surface area (Å²) in [7, 11) is 1.58. The van der Waals surface area contributed by atoms with Crippen LogP contribution in [0, 0.1) is 0 Å². The highest BCUT2D eigenvalue weighted by molar-refractivity contribution is 5.92. The van der Waals surface area contributed by atoms with Gasteiger partial charge in [-0.1, -0.05) is 0 Å². The van der Waals surface area contributed by atoms with Crippen LogP contribution >= 0.6 is 0 Å². The third-order valence-electron chi connectivity index (χ3n) is 2.44. The third kappa shape index (κ3) is 2.15. The quantitative estimate of drug-likeness (QED) is 0.751. The van der Waals surface area contributed by atoms with Crippen LogP contribution < -0.4 is 4.90 Å². The number of nitrogens with zero attached hydrogens (tertiary/aromatic N) is 4. The molecule has 0 bridgehead atoms. The molecule has 0 aliphatic carbocycles. The van der Waals surface area contributed by atoms with E-state index in [9.17, 15) is 18.0 Å². The van der Waals surface area contributed by atoms with Crippen molar-refractivity contribution in [2.45, 2.75) is 6.18 Å². The number of urea groups is 1. The fourth-order valence-electron chi connectivity index (χ4n) is 1.51. The average molecular weight is 246 g/mol. The minimum absolute atomic E-state index is 0.0262. The van der Waals surface area contributed by atoms with Gasteiger partial charge in [-0.25, -0.2) is 14.8 Å². The molecule has 0 atom stereocenters. The van der Waals surface area contributed by atoms with Crippen molar-refractivity contribution in [1.82, 2.24) is 14.9 Å². The van der Waals surface area contributed by atoms with Crippen LogP contribution in [0.5, 0.6) is 0 Å². The van der Waals surface area contributed by atoms with E-state index < -0.39 is 11.9 Å². The molecule has 2 amide bonds. The summed E-state index contributed by atoms with van der Waals surface area (Å²) >= 11 is 0. The van der Waals surface area contributed by atoms with E-state index in [0.29, 0.717) is 13.1 Å². The topological polar surface area (TPSA) is 49.3 Å². The molecule has 92 valence electrons. The van der Waals surface area contributed by atoms with Crippen molar-refractivity contribution < 1.29 is 18.0 Å². The number of amides is 2. The standard InChI is InChI=1S/C9H9F3N4O/c1-15-2-3-16(8(15)17)7-4-6(9(10,11)12)13-5-14-7/h4-5H,2-3H2,1H3.